The van der Waals surface area contributed by atoms with Gasteiger partial charge in [0.15, 0.2) is 0 Å². The van der Waals surface area contributed by atoms with Crippen molar-refractivity contribution in [3.8, 4) is 0 Å². The molecule has 21 heavy (non-hydrogen) atoms. The molecule has 2 amide bonds. The lowest BCUT2D eigenvalue weighted by Gasteiger charge is -2.36. The highest BCUT2D eigenvalue weighted by Gasteiger charge is 2.43. The Morgan fingerprint density at radius 2 is 2.14 bits per heavy atom. The van der Waals surface area contributed by atoms with Gasteiger partial charge in [0.1, 0.15) is 6.10 Å². The molecule has 1 aromatic rings. The molecule has 2 aliphatic rings. The highest BCUT2D eigenvalue weighted by atomic mass is 16.5. The van der Waals surface area contributed by atoms with Crippen molar-refractivity contribution in [1.82, 2.24) is 14.8 Å². The Labute approximate surface area is 124 Å². The summed E-state index contributed by atoms with van der Waals surface area (Å²) in [7, 11) is 3.49. The molecule has 1 N–H and O–H groups in total. The molecular weight excluding hydrogens is 270 g/mol. The lowest BCUT2D eigenvalue weighted by Crippen LogP contribution is -2.48. The molecule has 0 spiro atoms. The number of nitrogens with zero attached hydrogens (tertiary/aromatic N) is 2. The third-order valence-corrected chi connectivity index (χ3v) is 4.37. The number of aromatic amines is 1. The second-order valence-electron chi connectivity index (χ2n) is 5.93. The summed E-state index contributed by atoms with van der Waals surface area (Å²) >= 11 is 0. The van der Waals surface area contributed by atoms with E-state index in [0.717, 1.165) is 12.8 Å². The number of rotatable bonds is 2. The minimum atomic E-state index is -0.358. The fourth-order valence-electron chi connectivity index (χ4n) is 3.27. The van der Waals surface area contributed by atoms with Gasteiger partial charge in [-0.3, -0.25) is 9.59 Å². The second kappa shape index (κ2) is 5.52. The fourth-order valence-corrected chi connectivity index (χ4v) is 3.27. The Bertz CT molecular complexity index is 526. The first kappa shape index (κ1) is 14.1. The first-order chi connectivity index (χ1) is 10.1. The van der Waals surface area contributed by atoms with Crippen molar-refractivity contribution in [2.45, 2.75) is 37.5 Å². The Hall–Kier alpha value is -1.82. The number of H-pyrrole nitrogens is 1. The maximum Gasteiger partial charge on any atom is 0.255 e. The average Bonchev–Trinajstić information content (AvgIpc) is 3.14. The van der Waals surface area contributed by atoms with Crippen LogP contribution >= 0.6 is 0 Å². The molecule has 1 aromatic heterocycles. The predicted octanol–water partition coefficient (Wildman–Crippen LogP) is 0.865. The van der Waals surface area contributed by atoms with Crippen LogP contribution in [0.2, 0.25) is 0 Å². The van der Waals surface area contributed by atoms with E-state index < -0.39 is 0 Å². The van der Waals surface area contributed by atoms with Gasteiger partial charge in [0, 0.05) is 33.0 Å². The normalized spacial score (nSPS) is 28.3. The molecule has 0 aromatic carbocycles. The summed E-state index contributed by atoms with van der Waals surface area (Å²) in [4.78, 5) is 30.8. The minimum Gasteiger partial charge on any atom is -0.367 e. The lowest BCUT2D eigenvalue weighted by molar-refractivity contribution is -0.151. The number of carbonyl (C=O) groups excluding carboxylic acids is 2. The van der Waals surface area contributed by atoms with E-state index in [-0.39, 0.29) is 30.1 Å². The maximum absolute atomic E-state index is 12.5. The van der Waals surface area contributed by atoms with E-state index in [2.05, 4.69) is 4.98 Å². The summed E-state index contributed by atoms with van der Waals surface area (Å²) in [5.41, 5.74) is 0.683. The molecule has 3 atom stereocenters. The van der Waals surface area contributed by atoms with Crippen molar-refractivity contribution in [3.63, 3.8) is 0 Å². The Kier molecular flexibility index (Phi) is 3.71. The zero-order chi connectivity index (χ0) is 15.0. The first-order valence-corrected chi connectivity index (χ1v) is 7.38. The third kappa shape index (κ3) is 2.55. The number of fused-ring (bicyclic) bond motifs is 1. The zero-order valence-electron chi connectivity index (χ0n) is 12.4. The molecule has 0 radical (unpaired) electrons. The summed E-state index contributed by atoms with van der Waals surface area (Å²) in [5, 5.41) is 0. The molecule has 6 heteroatoms. The number of nitrogens with one attached hydrogen (secondary N) is 1. The Balaban J connectivity index is 1.67. The van der Waals surface area contributed by atoms with Gasteiger partial charge in [-0.05, 0) is 25.3 Å². The van der Waals surface area contributed by atoms with Crippen LogP contribution in [0, 0.1) is 0 Å². The van der Waals surface area contributed by atoms with Gasteiger partial charge in [0.25, 0.3) is 11.8 Å². The van der Waals surface area contributed by atoms with Crippen LogP contribution in [0.5, 0.6) is 0 Å². The summed E-state index contributed by atoms with van der Waals surface area (Å²) in [6, 6.07) is 1.89. The molecule has 3 heterocycles. The van der Waals surface area contributed by atoms with Crippen LogP contribution < -0.4 is 0 Å². The van der Waals surface area contributed by atoms with Gasteiger partial charge < -0.3 is 19.5 Å². The van der Waals surface area contributed by atoms with Gasteiger partial charge in [-0.15, -0.1) is 0 Å². The fraction of sp³-hybridized carbons (Fsp3) is 0.600. The quantitative estimate of drug-likeness (QED) is 0.879. The van der Waals surface area contributed by atoms with Crippen molar-refractivity contribution >= 4 is 11.8 Å². The summed E-state index contributed by atoms with van der Waals surface area (Å²) in [6.45, 7) is 0.697. The monoisotopic (exact) mass is 291 g/mol. The smallest absolute Gasteiger partial charge is 0.255 e. The molecule has 114 valence electrons. The number of likely N-dealkylation sites (N-methyl/N-ethyl adjacent to an activating group) is 1. The minimum absolute atomic E-state index is 0.0175. The van der Waals surface area contributed by atoms with Crippen LogP contribution in [0.4, 0.5) is 0 Å². The molecule has 0 unspecified atom stereocenters. The largest absolute Gasteiger partial charge is 0.367 e. The summed E-state index contributed by atoms with van der Waals surface area (Å²) in [6.07, 6.45) is 5.40. The van der Waals surface area contributed by atoms with Crippen LogP contribution in [0.3, 0.4) is 0 Å². The first-order valence-electron chi connectivity index (χ1n) is 7.38. The van der Waals surface area contributed by atoms with E-state index in [1.807, 2.05) is 4.90 Å². The van der Waals surface area contributed by atoms with Crippen molar-refractivity contribution < 1.29 is 14.3 Å². The Morgan fingerprint density at radius 1 is 1.33 bits per heavy atom. The van der Waals surface area contributed by atoms with Gasteiger partial charge in [0.05, 0.1) is 17.7 Å². The van der Waals surface area contributed by atoms with Gasteiger partial charge in [-0.25, -0.2) is 0 Å². The number of carbonyl (C=O) groups is 2. The number of amides is 2. The van der Waals surface area contributed by atoms with Crippen LogP contribution in [-0.2, 0) is 9.53 Å². The van der Waals surface area contributed by atoms with Gasteiger partial charge in [0.2, 0.25) is 0 Å². The van der Waals surface area contributed by atoms with E-state index in [4.69, 9.17) is 4.74 Å². The van der Waals surface area contributed by atoms with E-state index in [1.54, 1.807) is 37.5 Å². The lowest BCUT2D eigenvalue weighted by atomic mass is 9.98. The number of aromatic nitrogens is 1. The highest BCUT2D eigenvalue weighted by Crippen LogP contribution is 2.32. The molecule has 0 aliphatic carbocycles. The van der Waals surface area contributed by atoms with Crippen LogP contribution in [-0.4, -0.2) is 65.5 Å². The molecular formula is C15H21N3O3. The average molecular weight is 291 g/mol. The van der Waals surface area contributed by atoms with E-state index >= 15 is 0 Å². The van der Waals surface area contributed by atoms with Crippen molar-refractivity contribution in [1.29, 1.82) is 0 Å². The Morgan fingerprint density at radius 3 is 2.81 bits per heavy atom. The van der Waals surface area contributed by atoms with Gasteiger partial charge in [-0.1, -0.05) is 0 Å². The molecule has 2 fully saturated rings. The van der Waals surface area contributed by atoms with Crippen LogP contribution in [0.1, 0.15) is 29.6 Å². The number of hydrogen-bond donors (Lipinski definition) is 1. The van der Waals surface area contributed by atoms with E-state index in [9.17, 15) is 9.59 Å². The van der Waals surface area contributed by atoms with Crippen molar-refractivity contribution in [2.24, 2.45) is 0 Å². The number of hydrogen-bond acceptors (Lipinski definition) is 3. The maximum atomic E-state index is 12.5. The highest BCUT2D eigenvalue weighted by molar-refractivity contribution is 5.94. The predicted molar refractivity (Wildman–Crippen MR) is 76.8 cm³/mol. The molecule has 6 nitrogen and oxygen atoms in total. The third-order valence-electron chi connectivity index (χ3n) is 4.37. The molecule has 2 aliphatic heterocycles. The van der Waals surface area contributed by atoms with E-state index in [1.165, 1.54) is 0 Å². The molecule has 2 saturated heterocycles. The number of likely N-dealkylation sites (tertiary alicyclic amines) is 1. The summed E-state index contributed by atoms with van der Waals surface area (Å²) in [5.74, 6) is 0.0635. The van der Waals surface area contributed by atoms with Gasteiger partial charge in [-0.2, -0.15) is 0 Å². The zero-order valence-corrected chi connectivity index (χ0v) is 12.4. The molecule has 0 bridgehead atoms. The van der Waals surface area contributed by atoms with Gasteiger partial charge >= 0.3 is 0 Å². The van der Waals surface area contributed by atoms with E-state index in [0.29, 0.717) is 18.5 Å². The second-order valence-corrected chi connectivity index (χ2v) is 5.93. The topological polar surface area (TPSA) is 65.6 Å². The summed E-state index contributed by atoms with van der Waals surface area (Å²) < 4.78 is 5.94. The molecule has 0 saturated carbocycles. The van der Waals surface area contributed by atoms with Crippen molar-refractivity contribution in [2.75, 3.05) is 20.6 Å². The standard InChI is InChI=1S/C15H21N3O3/c1-17(2)15(20)13-4-3-11-12(21-13)6-8-18(11)14(19)10-5-7-16-9-10/h5,7,9,11-13,16H,3-4,6,8H2,1-2H3/t11-,12-,13+/m1/s1. The van der Waals surface area contributed by atoms with Crippen LogP contribution in [0.15, 0.2) is 18.5 Å². The van der Waals surface area contributed by atoms with Crippen molar-refractivity contribution in [3.05, 3.63) is 24.0 Å². The SMILES string of the molecule is CN(C)C(=O)[C@@H]1CC[C@@H]2[C@@H](CCN2C(=O)c2cc[nH]c2)O1. The van der Waals surface area contributed by atoms with Crippen LogP contribution in [0.25, 0.3) is 0 Å². The number of ether oxygens (including phenoxy) is 1. The molecule has 3 rings (SSSR count).